The number of hydrogen-bond acceptors (Lipinski definition) is 2. The van der Waals surface area contributed by atoms with Crippen LogP contribution < -0.4 is 0 Å². The zero-order valence-corrected chi connectivity index (χ0v) is 23.2. The van der Waals surface area contributed by atoms with E-state index in [2.05, 4.69) is 47.2 Å². The van der Waals surface area contributed by atoms with Crippen molar-refractivity contribution in [2.45, 2.75) is 85.2 Å². The quantitative estimate of drug-likeness (QED) is 0.152. The third kappa shape index (κ3) is 7.92. The molecule has 0 saturated carbocycles. The van der Waals surface area contributed by atoms with E-state index >= 15 is 0 Å². The Morgan fingerprint density at radius 2 is 1.44 bits per heavy atom. The Balaban J connectivity index is -0.000000661. The van der Waals surface area contributed by atoms with Crippen LogP contribution in [0.1, 0.15) is 73.1 Å². The molecule has 0 aliphatic heterocycles. The summed E-state index contributed by atoms with van der Waals surface area (Å²) in [5, 5.41) is 0. The third-order valence-corrected chi connectivity index (χ3v) is 9.84. The maximum atomic E-state index is 5.97. The molecule has 164 valence electrons. The van der Waals surface area contributed by atoms with Crippen LogP contribution in [-0.4, -0.2) is 22.8 Å². The van der Waals surface area contributed by atoms with E-state index in [-0.39, 0.29) is 48.8 Å². The second-order valence-electron chi connectivity index (χ2n) is 7.38. The Morgan fingerprint density at radius 1 is 0.963 bits per heavy atom. The minimum atomic E-state index is -2.24. The van der Waals surface area contributed by atoms with Crippen LogP contribution in [0.5, 0.6) is 0 Å². The Bertz CT molecular complexity index is 455. The van der Waals surface area contributed by atoms with E-state index in [4.69, 9.17) is 8.85 Å². The Hall–Kier alpha value is 0.305. The van der Waals surface area contributed by atoms with Crippen molar-refractivity contribution in [3.05, 3.63) is 45.1 Å². The van der Waals surface area contributed by atoms with Crippen LogP contribution in [0.15, 0.2) is 16.7 Å². The molecule has 0 aromatic carbocycles. The van der Waals surface area contributed by atoms with Crippen LogP contribution in [0.4, 0.5) is 0 Å². The average Bonchev–Trinajstić information content (AvgIpc) is 2.74. The summed E-state index contributed by atoms with van der Waals surface area (Å²) in [6.45, 7) is 13.5. The van der Waals surface area contributed by atoms with Crippen LogP contribution in [0.3, 0.4) is 0 Å². The molecule has 0 aromatic rings. The van der Waals surface area contributed by atoms with Gasteiger partial charge in [0.25, 0.3) is 0 Å². The molecule has 0 N–H and O–H groups in total. The van der Waals surface area contributed by atoms with E-state index in [1.54, 1.807) is 0 Å². The molecule has 4 heteroatoms. The maximum absolute atomic E-state index is 5.97. The molecule has 1 rings (SSSR count). The molecule has 2 nitrogen and oxygen atoms in total. The molecule has 0 radical (unpaired) electrons. The van der Waals surface area contributed by atoms with Crippen molar-refractivity contribution >= 4 is 8.56 Å². The minimum absolute atomic E-state index is 0. The van der Waals surface area contributed by atoms with E-state index in [9.17, 15) is 0 Å². The van der Waals surface area contributed by atoms with E-state index in [0.717, 1.165) is 6.42 Å². The van der Waals surface area contributed by atoms with E-state index in [1.807, 2.05) is 14.2 Å². The second kappa shape index (κ2) is 15.2. The van der Waals surface area contributed by atoms with Crippen molar-refractivity contribution in [1.82, 2.24) is 0 Å². The van der Waals surface area contributed by atoms with Gasteiger partial charge in [-0.2, -0.15) is 11.1 Å². The first kappa shape index (κ1) is 34.8. The fraction of sp³-hybridized carbons (Fsp3) is 0.696. The van der Waals surface area contributed by atoms with Crippen molar-refractivity contribution in [1.29, 1.82) is 0 Å². The molecule has 0 heterocycles. The van der Waals surface area contributed by atoms with Gasteiger partial charge in [-0.25, -0.2) is 5.57 Å². The zero-order chi connectivity index (χ0) is 17.7. The number of allylic oxidation sites excluding steroid dienone is 4. The summed E-state index contributed by atoms with van der Waals surface area (Å²) in [5.74, 6) is 0. The standard InChI is InChI=1S/C20H37O2Si.3CH3.Pt/c1-9-10-11-12-13-14-19(23(8,21-6)22-7)20(5)15-16(2)17(3)18(20)4;;;;/h19H,9-14H2,1-8H3;3*1H3;/q4*-1;+4. The molecule has 0 bridgehead atoms. The molecule has 1 aliphatic carbocycles. The fourth-order valence-corrected chi connectivity index (χ4v) is 6.79. The zero-order valence-electron chi connectivity index (χ0n) is 20.0. The third-order valence-electron chi connectivity index (χ3n) is 6.09. The van der Waals surface area contributed by atoms with Crippen molar-refractivity contribution in [3.63, 3.8) is 0 Å². The maximum Gasteiger partial charge on any atom is 4.00 e. The first-order valence-electron chi connectivity index (χ1n) is 9.17. The van der Waals surface area contributed by atoms with Crippen molar-refractivity contribution in [2.75, 3.05) is 14.2 Å². The van der Waals surface area contributed by atoms with Gasteiger partial charge in [-0.15, -0.1) is 6.92 Å². The molecule has 1 aliphatic rings. The summed E-state index contributed by atoms with van der Waals surface area (Å²) in [6, 6.07) is 0. The molecule has 0 aromatic heterocycles. The van der Waals surface area contributed by atoms with Gasteiger partial charge in [0, 0.05) is 14.2 Å². The van der Waals surface area contributed by atoms with Gasteiger partial charge in [0.1, 0.15) is 0 Å². The van der Waals surface area contributed by atoms with Crippen LogP contribution in [0.25, 0.3) is 0 Å². The SMILES string of the molecule is CCCCCCCC(C1(C)[C-]=C(C)C(C)=C1C)[Si](C)(OC)OC.[CH3-].[CH3-].[CH3-].[Pt+4]. The molecular formula is C23H46O2PtSi. The summed E-state index contributed by atoms with van der Waals surface area (Å²) < 4.78 is 11.9. The van der Waals surface area contributed by atoms with Gasteiger partial charge in [-0.05, 0) is 18.5 Å². The Labute approximate surface area is 188 Å². The van der Waals surface area contributed by atoms with Gasteiger partial charge >= 0.3 is 29.6 Å². The summed E-state index contributed by atoms with van der Waals surface area (Å²) in [6.07, 6.45) is 11.5. The number of rotatable bonds is 10. The van der Waals surface area contributed by atoms with Crippen molar-refractivity contribution in [2.24, 2.45) is 5.41 Å². The normalized spacial score (nSPS) is 19.9. The molecular weight excluding hydrogens is 531 g/mol. The Kier molecular flexibility index (Phi) is 19.6. The van der Waals surface area contributed by atoms with E-state index in [0.29, 0.717) is 5.54 Å². The first-order chi connectivity index (χ1) is 10.8. The summed E-state index contributed by atoms with van der Waals surface area (Å²) in [4.78, 5) is 0. The average molecular weight is 578 g/mol. The fourth-order valence-electron chi connectivity index (χ4n) is 3.99. The van der Waals surface area contributed by atoms with Crippen molar-refractivity contribution < 1.29 is 29.9 Å². The summed E-state index contributed by atoms with van der Waals surface area (Å²) in [5.41, 5.74) is 4.49. The molecule has 27 heavy (non-hydrogen) atoms. The topological polar surface area (TPSA) is 18.5 Å². The minimum Gasteiger partial charge on any atom is -0.398 e. The second-order valence-corrected chi connectivity index (χ2v) is 10.9. The van der Waals surface area contributed by atoms with Gasteiger partial charge in [-0.1, -0.05) is 65.2 Å². The predicted molar refractivity (Wildman–Crippen MR) is 121 cm³/mol. The smallest absolute Gasteiger partial charge is 0.398 e. The Morgan fingerprint density at radius 3 is 1.81 bits per heavy atom. The molecule has 0 amide bonds. The molecule has 2 atom stereocenters. The van der Waals surface area contributed by atoms with E-state index in [1.165, 1.54) is 48.8 Å². The summed E-state index contributed by atoms with van der Waals surface area (Å²) >= 11 is 0. The van der Waals surface area contributed by atoms with Gasteiger partial charge < -0.3 is 31.1 Å². The molecule has 0 fully saturated rings. The monoisotopic (exact) mass is 577 g/mol. The van der Waals surface area contributed by atoms with Crippen LogP contribution in [0.2, 0.25) is 12.1 Å². The van der Waals surface area contributed by atoms with Gasteiger partial charge in [0.2, 0.25) is 0 Å². The van der Waals surface area contributed by atoms with Gasteiger partial charge in [0.05, 0.1) is 0 Å². The van der Waals surface area contributed by atoms with E-state index < -0.39 is 8.56 Å². The van der Waals surface area contributed by atoms with Crippen molar-refractivity contribution in [3.8, 4) is 0 Å². The van der Waals surface area contributed by atoms with Crippen LogP contribution >= 0.6 is 0 Å². The molecule has 2 unspecified atom stereocenters. The largest absolute Gasteiger partial charge is 4.00 e. The number of hydrogen-bond donors (Lipinski definition) is 0. The number of unbranched alkanes of at least 4 members (excludes halogenated alkanes) is 4. The van der Waals surface area contributed by atoms with Gasteiger partial charge in [0.15, 0.2) is 0 Å². The van der Waals surface area contributed by atoms with Crippen LogP contribution in [0, 0.1) is 33.8 Å². The van der Waals surface area contributed by atoms with Gasteiger partial charge in [-0.3, -0.25) is 6.08 Å². The predicted octanol–water partition coefficient (Wildman–Crippen LogP) is 7.54. The van der Waals surface area contributed by atoms with Crippen LogP contribution in [-0.2, 0) is 29.9 Å². The summed E-state index contributed by atoms with van der Waals surface area (Å²) in [7, 11) is 1.40. The molecule has 0 saturated heterocycles. The molecule has 0 spiro atoms. The first-order valence-corrected chi connectivity index (χ1v) is 11.6.